The Morgan fingerprint density at radius 1 is 0.761 bits per heavy atom. The predicted molar refractivity (Wildman–Crippen MR) is 205 cm³/mol. The Balaban J connectivity index is 0. The Kier molecular flexibility index (Phi) is 25.4. The quantitative estimate of drug-likeness (QED) is 0.0470. The Labute approximate surface area is 289 Å². The molecule has 0 aromatic heterocycles. The van der Waals surface area contributed by atoms with Crippen LogP contribution in [0.3, 0.4) is 0 Å². The number of ether oxygens (including phenoxy) is 3. The lowest BCUT2D eigenvalue weighted by atomic mass is 10.3. The number of rotatable bonds is 27. The van der Waals surface area contributed by atoms with Crippen LogP contribution in [0.15, 0.2) is 0 Å². The second-order valence-electron chi connectivity index (χ2n) is 15.0. The van der Waals surface area contributed by atoms with E-state index in [0.717, 1.165) is 57.6 Å². The standard InChI is InChI=1S/C24H63N3O6Si5.C6H14O2/c1-13-14-20-29-24(2,28)23-27-19-18-26-17-15-21-37(11,32-36(9,10)30-34(3,4)5)33-38(12,22-16-25)31-35(6,7)8;1-4-8-5-6(2)7-3/h26-28H,13-23,25H2,1-12H3;6H,4-5H2,1-3H3. The molecule has 0 heterocycles. The van der Waals surface area contributed by atoms with Crippen LogP contribution in [-0.4, -0.2) is 119 Å². The summed E-state index contributed by atoms with van der Waals surface area (Å²) in [4.78, 5) is 0. The zero-order valence-electron chi connectivity index (χ0n) is 32.7. The second-order valence-corrected chi connectivity index (χ2v) is 35.0. The van der Waals surface area contributed by atoms with E-state index >= 15 is 0 Å². The van der Waals surface area contributed by atoms with Crippen molar-refractivity contribution in [3.05, 3.63) is 0 Å². The zero-order valence-corrected chi connectivity index (χ0v) is 37.7. The Bertz CT molecular complexity index is 763. The fraction of sp³-hybridized carbons (Fsp3) is 1.00. The molecule has 0 aliphatic heterocycles. The van der Waals surface area contributed by atoms with Gasteiger partial charge in [0.15, 0.2) is 22.4 Å². The van der Waals surface area contributed by atoms with Gasteiger partial charge in [-0.2, -0.15) is 0 Å². The molecule has 0 saturated heterocycles. The van der Waals surface area contributed by atoms with E-state index in [2.05, 4.69) is 83.0 Å². The highest BCUT2D eigenvalue weighted by molar-refractivity contribution is 6.90. The summed E-state index contributed by atoms with van der Waals surface area (Å²) in [7, 11) is -9.41. The van der Waals surface area contributed by atoms with Crippen LogP contribution in [0.25, 0.3) is 0 Å². The van der Waals surface area contributed by atoms with Gasteiger partial charge in [0.1, 0.15) is 0 Å². The molecule has 280 valence electrons. The summed E-state index contributed by atoms with van der Waals surface area (Å²) >= 11 is 0. The van der Waals surface area contributed by atoms with E-state index in [1.54, 1.807) is 14.0 Å². The molecule has 4 atom stereocenters. The second kappa shape index (κ2) is 23.9. The molecule has 16 heteroatoms. The van der Waals surface area contributed by atoms with Crippen LogP contribution in [0.1, 0.15) is 47.0 Å². The molecule has 46 heavy (non-hydrogen) atoms. The van der Waals surface area contributed by atoms with Gasteiger partial charge >= 0.3 is 25.7 Å². The van der Waals surface area contributed by atoms with Crippen molar-refractivity contribution < 1.29 is 35.8 Å². The molecule has 0 aliphatic carbocycles. The van der Waals surface area contributed by atoms with Crippen LogP contribution >= 0.6 is 0 Å². The third-order valence-electron chi connectivity index (χ3n) is 6.35. The summed E-state index contributed by atoms with van der Waals surface area (Å²) in [5, 5.41) is 17.1. The highest BCUT2D eigenvalue weighted by atomic mass is 28.5. The maximum Gasteiger partial charge on any atom is 0.317 e. The average Bonchev–Trinajstić information content (AvgIpc) is 2.86. The molecule has 0 aliphatic rings. The van der Waals surface area contributed by atoms with E-state index in [0.29, 0.717) is 26.3 Å². The monoisotopic (exact) mass is 747 g/mol. The minimum Gasteiger partial charge on any atom is -0.437 e. The number of nitrogens with two attached hydrogens (primary N) is 1. The van der Waals surface area contributed by atoms with E-state index < -0.39 is 48.1 Å². The van der Waals surface area contributed by atoms with Crippen LogP contribution < -0.4 is 16.4 Å². The SMILES string of the molecule is CCCCOC(C)(O)CNCCNCCC[Si](C)(O[Si](C)(C)O[Si](C)(C)C)O[Si](C)(CCN)O[Si](C)(C)C.CCOCC(C)OC. The van der Waals surface area contributed by atoms with Crippen LogP contribution in [0.4, 0.5) is 0 Å². The summed E-state index contributed by atoms with van der Waals surface area (Å²) in [6.45, 7) is 35.1. The molecule has 0 fully saturated rings. The number of methoxy groups -OCH3 is 1. The fourth-order valence-corrected chi connectivity index (χ4v) is 28.4. The largest absolute Gasteiger partial charge is 0.437 e. The third-order valence-corrected chi connectivity index (χ3v) is 24.6. The summed E-state index contributed by atoms with van der Waals surface area (Å²) in [5.41, 5.74) is 6.01. The predicted octanol–water partition coefficient (Wildman–Crippen LogP) is 5.68. The molecular formula is C30H77N3O8Si5. The smallest absolute Gasteiger partial charge is 0.317 e. The number of aliphatic hydroxyl groups is 1. The van der Waals surface area contributed by atoms with Crippen molar-refractivity contribution in [1.29, 1.82) is 0 Å². The summed E-state index contributed by atoms with van der Waals surface area (Å²) in [5.74, 6) is -1.13. The van der Waals surface area contributed by atoms with E-state index in [1.807, 2.05) is 13.8 Å². The lowest BCUT2D eigenvalue weighted by molar-refractivity contribution is -0.186. The van der Waals surface area contributed by atoms with Gasteiger partial charge < -0.3 is 52.1 Å². The maximum atomic E-state index is 10.3. The molecule has 0 saturated carbocycles. The van der Waals surface area contributed by atoms with E-state index in [4.69, 9.17) is 36.4 Å². The van der Waals surface area contributed by atoms with Crippen molar-refractivity contribution in [2.45, 2.75) is 136 Å². The average molecular weight is 748 g/mol. The Morgan fingerprint density at radius 3 is 1.83 bits per heavy atom. The molecule has 0 bridgehead atoms. The van der Waals surface area contributed by atoms with Crippen molar-refractivity contribution in [1.82, 2.24) is 10.6 Å². The highest BCUT2D eigenvalue weighted by Crippen LogP contribution is 2.30. The summed E-state index contributed by atoms with van der Waals surface area (Å²) in [6, 6.07) is 1.62. The molecule has 5 N–H and O–H groups in total. The molecule has 4 unspecified atom stereocenters. The van der Waals surface area contributed by atoms with Crippen molar-refractivity contribution in [2.24, 2.45) is 5.73 Å². The van der Waals surface area contributed by atoms with Crippen LogP contribution in [0.5, 0.6) is 0 Å². The van der Waals surface area contributed by atoms with Crippen molar-refractivity contribution in [3.63, 3.8) is 0 Å². The van der Waals surface area contributed by atoms with Gasteiger partial charge in [-0.15, -0.1) is 0 Å². The third kappa shape index (κ3) is 29.6. The number of hydrogen-bond acceptors (Lipinski definition) is 11. The molecular weight excluding hydrogens is 671 g/mol. The summed E-state index contributed by atoms with van der Waals surface area (Å²) < 4.78 is 42.6. The summed E-state index contributed by atoms with van der Waals surface area (Å²) in [6.07, 6.45) is 3.18. The van der Waals surface area contributed by atoms with Crippen LogP contribution in [0.2, 0.25) is 77.6 Å². The van der Waals surface area contributed by atoms with Gasteiger partial charge in [-0.1, -0.05) is 13.3 Å². The van der Waals surface area contributed by atoms with E-state index in [9.17, 15) is 5.11 Å². The van der Waals surface area contributed by atoms with Gasteiger partial charge in [0.2, 0.25) is 0 Å². The van der Waals surface area contributed by atoms with Gasteiger partial charge in [-0.25, -0.2) is 0 Å². The maximum absolute atomic E-state index is 10.3. The van der Waals surface area contributed by atoms with Crippen LogP contribution in [-0.2, 0) is 30.7 Å². The normalized spacial score (nSPS) is 17.4. The van der Waals surface area contributed by atoms with Crippen molar-refractivity contribution >= 4 is 42.3 Å². The minimum atomic E-state index is -2.62. The molecule has 0 aromatic rings. The van der Waals surface area contributed by atoms with Gasteiger partial charge in [0.25, 0.3) is 0 Å². The first-order valence-electron chi connectivity index (χ1n) is 17.4. The van der Waals surface area contributed by atoms with Gasteiger partial charge in [-0.05, 0) is 118 Å². The molecule has 0 spiro atoms. The molecule has 0 radical (unpaired) electrons. The van der Waals surface area contributed by atoms with Crippen LogP contribution in [0, 0.1) is 0 Å². The van der Waals surface area contributed by atoms with Gasteiger partial charge in [-0.3, -0.25) is 0 Å². The van der Waals surface area contributed by atoms with Crippen molar-refractivity contribution in [3.8, 4) is 0 Å². The van der Waals surface area contributed by atoms with E-state index in [1.165, 1.54) is 0 Å². The molecule has 0 aromatic carbocycles. The lowest BCUT2D eigenvalue weighted by Crippen LogP contribution is -2.60. The Morgan fingerprint density at radius 2 is 1.33 bits per heavy atom. The number of nitrogens with one attached hydrogen (secondary N) is 2. The van der Waals surface area contributed by atoms with Gasteiger partial charge in [0, 0.05) is 39.4 Å². The number of unbranched alkanes of at least 4 members (excludes halogenated alkanes) is 1. The topological polar surface area (TPSA) is 135 Å². The fourth-order valence-electron chi connectivity index (χ4n) is 4.89. The minimum absolute atomic E-state index is 0.231. The number of hydrogen-bond donors (Lipinski definition) is 4. The first kappa shape index (κ1) is 48.8. The highest BCUT2D eigenvalue weighted by Gasteiger charge is 2.48. The Hall–Kier alpha value is 0.644. The molecule has 11 nitrogen and oxygen atoms in total. The molecule has 0 rings (SSSR count). The molecule has 0 amide bonds. The van der Waals surface area contributed by atoms with Crippen molar-refractivity contribution in [2.75, 3.05) is 59.7 Å². The first-order valence-corrected chi connectivity index (χ1v) is 32.0. The van der Waals surface area contributed by atoms with Gasteiger partial charge in [0.05, 0.1) is 19.3 Å². The zero-order chi connectivity index (χ0) is 36.1. The first-order chi connectivity index (χ1) is 21.0. The lowest BCUT2D eigenvalue weighted by Gasteiger charge is -2.44. The van der Waals surface area contributed by atoms with E-state index in [-0.39, 0.29) is 6.10 Å².